The highest BCUT2D eigenvalue weighted by molar-refractivity contribution is 5.32. The molecule has 1 aromatic heterocycles. The van der Waals surface area contributed by atoms with Gasteiger partial charge in [0.25, 0.3) is 0 Å². The Hall–Kier alpha value is -1.10. The Morgan fingerprint density at radius 1 is 1.26 bits per heavy atom. The van der Waals surface area contributed by atoms with Gasteiger partial charge < -0.3 is 5.32 Å². The molecule has 5 heteroatoms. The molecular weight excluding hydrogens is 253 g/mol. The van der Waals surface area contributed by atoms with E-state index >= 15 is 0 Å². The Morgan fingerprint density at radius 3 is 2.42 bits per heavy atom. The van der Waals surface area contributed by atoms with Gasteiger partial charge in [-0.1, -0.05) is 20.8 Å². The Kier molecular flexibility index (Phi) is 4.96. The van der Waals surface area contributed by atoms with Gasteiger partial charge in [-0.2, -0.15) is 13.2 Å². The molecule has 0 aliphatic rings. The third-order valence-corrected chi connectivity index (χ3v) is 3.22. The molecule has 1 heterocycles. The van der Waals surface area contributed by atoms with Crippen molar-refractivity contribution in [2.45, 2.75) is 51.7 Å². The van der Waals surface area contributed by atoms with E-state index in [9.17, 15) is 13.2 Å². The maximum absolute atomic E-state index is 13.0. The van der Waals surface area contributed by atoms with E-state index in [1.54, 1.807) is 0 Å². The number of rotatable bonds is 5. The molecule has 0 aromatic carbocycles. The molecule has 19 heavy (non-hydrogen) atoms. The van der Waals surface area contributed by atoms with Crippen molar-refractivity contribution < 1.29 is 13.2 Å². The number of hydrogen-bond donors (Lipinski definition) is 1. The number of hydrogen-bond acceptors (Lipinski definition) is 2. The number of alkyl halides is 3. The molecule has 0 amide bonds. The van der Waals surface area contributed by atoms with Crippen LogP contribution >= 0.6 is 0 Å². The molecule has 108 valence electrons. The van der Waals surface area contributed by atoms with Crippen molar-refractivity contribution in [1.29, 1.82) is 0 Å². The number of nitrogens with one attached hydrogen (secondary N) is 1. The number of pyridine rings is 1. The van der Waals surface area contributed by atoms with Crippen LogP contribution < -0.4 is 5.32 Å². The smallest absolute Gasteiger partial charge is 0.315 e. The summed E-state index contributed by atoms with van der Waals surface area (Å²) >= 11 is 0. The zero-order valence-electron chi connectivity index (χ0n) is 11.8. The average Bonchev–Trinajstić information content (AvgIpc) is 2.27. The van der Waals surface area contributed by atoms with Crippen LogP contribution in [0.3, 0.4) is 0 Å². The predicted molar refractivity (Wildman–Crippen MR) is 70.0 cm³/mol. The molecule has 0 saturated heterocycles. The SMILES string of the molecule is CCNC(C)CC(C)(C)c1cnccc1C(F)(F)F. The quantitative estimate of drug-likeness (QED) is 0.884. The highest BCUT2D eigenvalue weighted by Gasteiger charge is 2.38. The molecule has 0 saturated carbocycles. The van der Waals surface area contributed by atoms with Crippen LogP contribution in [0.4, 0.5) is 13.2 Å². The lowest BCUT2D eigenvalue weighted by atomic mass is 9.78. The van der Waals surface area contributed by atoms with Crippen molar-refractivity contribution in [2.24, 2.45) is 0 Å². The number of halogens is 3. The van der Waals surface area contributed by atoms with Gasteiger partial charge in [-0.05, 0) is 36.9 Å². The third kappa shape index (κ3) is 4.20. The molecule has 1 atom stereocenters. The van der Waals surface area contributed by atoms with Gasteiger partial charge >= 0.3 is 6.18 Å². The molecular formula is C14H21F3N2. The first-order valence-corrected chi connectivity index (χ1v) is 6.43. The van der Waals surface area contributed by atoms with Gasteiger partial charge in [0, 0.05) is 18.4 Å². The van der Waals surface area contributed by atoms with Crippen LogP contribution in [-0.4, -0.2) is 17.6 Å². The first-order valence-electron chi connectivity index (χ1n) is 6.43. The van der Waals surface area contributed by atoms with Crippen LogP contribution in [0.1, 0.15) is 45.2 Å². The van der Waals surface area contributed by atoms with Crippen molar-refractivity contribution in [1.82, 2.24) is 10.3 Å². The number of nitrogens with zero attached hydrogens (tertiary/aromatic N) is 1. The topological polar surface area (TPSA) is 24.9 Å². The molecule has 0 bridgehead atoms. The van der Waals surface area contributed by atoms with Crippen molar-refractivity contribution in [2.75, 3.05) is 6.54 Å². The standard InChI is InChI=1S/C14H21F3N2/c1-5-19-10(2)8-13(3,4)12-9-18-7-6-11(12)14(15,16)17/h6-7,9-10,19H,5,8H2,1-4H3. The minimum Gasteiger partial charge on any atom is -0.315 e. The van der Waals surface area contributed by atoms with Gasteiger partial charge in [0.1, 0.15) is 0 Å². The molecule has 1 aromatic rings. The van der Waals surface area contributed by atoms with E-state index in [-0.39, 0.29) is 11.6 Å². The van der Waals surface area contributed by atoms with E-state index in [0.29, 0.717) is 6.42 Å². The summed E-state index contributed by atoms with van der Waals surface area (Å²) < 4.78 is 39.1. The normalized spacial score (nSPS) is 14.5. The van der Waals surface area contributed by atoms with E-state index in [1.807, 2.05) is 27.7 Å². The Labute approximate surface area is 112 Å². The second kappa shape index (κ2) is 5.90. The maximum atomic E-state index is 13.0. The first-order chi connectivity index (χ1) is 8.68. The predicted octanol–water partition coefficient (Wildman–Crippen LogP) is 3.77. The van der Waals surface area contributed by atoms with Crippen LogP contribution in [-0.2, 0) is 11.6 Å². The van der Waals surface area contributed by atoms with Crippen LogP contribution in [0.2, 0.25) is 0 Å². The largest absolute Gasteiger partial charge is 0.416 e. The Balaban J connectivity index is 3.07. The van der Waals surface area contributed by atoms with Crippen molar-refractivity contribution in [3.05, 3.63) is 29.6 Å². The van der Waals surface area contributed by atoms with Crippen molar-refractivity contribution in [3.8, 4) is 0 Å². The fourth-order valence-corrected chi connectivity index (χ4v) is 2.48. The van der Waals surface area contributed by atoms with E-state index < -0.39 is 17.2 Å². The highest BCUT2D eigenvalue weighted by Crippen LogP contribution is 2.38. The lowest BCUT2D eigenvalue weighted by Crippen LogP contribution is -2.34. The highest BCUT2D eigenvalue weighted by atomic mass is 19.4. The monoisotopic (exact) mass is 274 g/mol. The number of aromatic nitrogens is 1. The molecule has 0 radical (unpaired) electrons. The summed E-state index contributed by atoms with van der Waals surface area (Å²) in [6.07, 6.45) is -1.19. The summed E-state index contributed by atoms with van der Waals surface area (Å²) in [5, 5.41) is 3.23. The van der Waals surface area contributed by atoms with Crippen LogP contribution in [0.25, 0.3) is 0 Å². The Bertz CT molecular complexity index is 413. The van der Waals surface area contributed by atoms with Gasteiger partial charge in [-0.3, -0.25) is 4.98 Å². The zero-order chi connectivity index (χ0) is 14.7. The molecule has 2 nitrogen and oxygen atoms in total. The molecule has 0 aliphatic heterocycles. The third-order valence-electron chi connectivity index (χ3n) is 3.22. The second-order valence-corrected chi connectivity index (χ2v) is 5.47. The lowest BCUT2D eigenvalue weighted by molar-refractivity contribution is -0.138. The minimum absolute atomic E-state index is 0.154. The van der Waals surface area contributed by atoms with Gasteiger partial charge in [-0.25, -0.2) is 0 Å². The van der Waals surface area contributed by atoms with E-state index in [0.717, 1.165) is 12.6 Å². The molecule has 1 N–H and O–H groups in total. The van der Waals surface area contributed by atoms with Crippen LogP contribution in [0.15, 0.2) is 18.5 Å². The van der Waals surface area contributed by atoms with Crippen LogP contribution in [0.5, 0.6) is 0 Å². The molecule has 1 unspecified atom stereocenters. The van der Waals surface area contributed by atoms with Crippen molar-refractivity contribution in [3.63, 3.8) is 0 Å². The van der Waals surface area contributed by atoms with Gasteiger partial charge in [0.15, 0.2) is 0 Å². The fraction of sp³-hybridized carbons (Fsp3) is 0.643. The van der Waals surface area contributed by atoms with Gasteiger partial charge in [0.2, 0.25) is 0 Å². The van der Waals surface area contributed by atoms with E-state index in [4.69, 9.17) is 0 Å². The summed E-state index contributed by atoms with van der Waals surface area (Å²) in [5.74, 6) is 0. The Morgan fingerprint density at radius 2 is 1.89 bits per heavy atom. The summed E-state index contributed by atoms with van der Waals surface area (Å²) in [6, 6.07) is 1.20. The summed E-state index contributed by atoms with van der Waals surface area (Å²) in [5.41, 5.74) is -0.913. The minimum atomic E-state index is -4.34. The molecule has 0 spiro atoms. The molecule has 0 aliphatic carbocycles. The van der Waals surface area contributed by atoms with Crippen molar-refractivity contribution >= 4 is 0 Å². The fourth-order valence-electron chi connectivity index (χ4n) is 2.48. The average molecular weight is 274 g/mol. The zero-order valence-corrected chi connectivity index (χ0v) is 11.8. The van der Waals surface area contributed by atoms with Gasteiger partial charge in [0.05, 0.1) is 5.56 Å². The first kappa shape index (κ1) is 16.0. The lowest BCUT2D eigenvalue weighted by Gasteiger charge is -2.31. The van der Waals surface area contributed by atoms with E-state index in [2.05, 4.69) is 10.3 Å². The summed E-state index contributed by atoms with van der Waals surface area (Å²) in [4.78, 5) is 3.86. The maximum Gasteiger partial charge on any atom is 0.416 e. The van der Waals surface area contributed by atoms with Gasteiger partial charge in [-0.15, -0.1) is 0 Å². The second-order valence-electron chi connectivity index (χ2n) is 5.47. The van der Waals surface area contributed by atoms with Crippen LogP contribution in [0, 0.1) is 0 Å². The molecule has 1 rings (SSSR count). The van der Waals surface area contributed by atoms with E-state index in [1.165, 1.54) is 12.4 Å². The summed E-state index contributed by atoms with van der Waals surface area (Å²) in [6.45, 7) is 8.42. The summed E-state index contributed by atoms with van der Waals surface area (Å²) in [7, 11) is 0. The molecule has 0 fully saturated rings.